The zero-order valence-electron chi connectivity index (χ0n) is 15.4. The minimum absolute atomic E-state index is 0.132. The fraction of sp³-hybridized carbons (Fsp3) is 0.400. The molecule has 2 rings (SSSR count). The van der Waals surface area contributed by atoms with Crippen LogP contribution in [0.2, 0.25) is 0 Å². The Hall–Kier alpha value is -2.14. The van der Waals surface area contributed by atoms with E-state index in [1.165, 1.54) is 16.9 Å². The maximum Gasteiger partial charge on any atom is 0.341 e. The molecule has 0 spiro atoms. The third-order valence-corrected chi connectivity index (χ3v) is 4.75. The van der Waals surface area contributed by atoms with Crippen LogP contribution in [0.1, 0.15) is 50.5 Å². The van der Waals surface area contributed by atoms with Crippen LogP contribution in [0.5, 0.6) is 0 Å². The second-order valence-corrected chi connectivity index (χ2v) is 7.71. The van der Waals surface area contributed by atoms with Crippen molar-refractivity contribution in [3.05, 3.63) is 40.8 Å². The van der Waals surface area contributed by atoms with Crippen molar-refractivity contribution in [1.29, 1.82) is 0 Å². The van der Waals surface area contributed by atoms with E-state index in [9.17, 15) is 9.59 Å². The molecule has 0 aliphatic heterocycles. The van der Waals surface area contributed by atoms with E-state index in [1.807, 2.05) is 38.3 Å². The topological polar surface area (TPSA) is 55.4 Å². The summed E-state index contributed by atoms with van der Waals surface area (Å²) in [4.78, 5) is 24.8. The van der Waals surface area contributed by atoms with Crippen LogP contribution in [0.15, 0.2) is 29.6 Å². The number of aryl methyl sites for hydroxylation is 1. The van der Waals surface area contributed by atoms with Crippen molar-refractivity contribution in [2.24, 2.45) is 5.41 Å². The molecule has 134 valence electrons. The minimum Gasteiger partial charge on any atom is -0.462 e. The highest BCUT2D eigenvalue weighted by atomic mass is 32.1. The van der Waals surface area contributed by atoms with Crippen LogP contribution in [0.4, 0.5) is 5.00 Å². The van der Waals surface area contributed by atoms with Crippen molar-refractivity contribution in [3.8, 4) is 11.1 Å². The van der Waals surface area contributed by atoms with Crippen LogP contribution in [0.3, 0.4) is 0 Å². The Kier molecular flexibility index (Phi) is 6.01. The van der Waals surface area contributed by atoms with Gasteiger partial charge in [0, 0.05) is 16.4 Å². The highest BCUT2D eigenvalue weighted by Gasteiger charge is 2.27. The fourth-order valence-electron chi connectivity index (χ4n) is 2.28. The molecule has 0 aliphatic carbocycles. The summed E-state index contributed by atoms with van der Waals surface area (Å²) in [5.74, 6) is -0.546. The molecule has 1 aromatic heterocycles. The van der Waals surface area contributed by atoms with Gasteiger partial charge in [-0.25, -0.2) is 4.79 Å². The fourth-order valence-corrected chi connectivity index (χ4v) is 3.23. The van der Waals surface area contributed by atoms with Gasteiger partial charge >= 0.3 is 5.97 Å². The van der Waals surface area contributed by atoms with Gasteiger partial charge in [0.25, 0.3) is 0 Å². The van der Waals surface area contributed by atoms with E-state index >= 15 is 0 Å². The number of benzene rings is 1. The highest BCUT2D eigenvalue weighted by molar-refractivity contribution is 7.15. The predicted molar refractivity (Wildman–Crippen MR) is 103 cm³/mol. The average molecular weight is 359 g/mol. The van der Waals surface area contributed by atoms with Crippen molar-refractivity contribution in [2.75, 3.05) is 11.9 Å². The molecule has 0 saturated carbocycles. The normalized spacial score (nSPS) is 11.2. The van der Waals surface area contributed by atoms with E-state index in [0.29, 0.717) is 10.6 Å². The lowest BCUT2D eigenvalue weighted by Crippen LogP contribution is -2.28. The zero-order chi connectivity index (χ0) is 18.6. The molecule has 0 bridgehead atoms. The smallest absolute Gasteiger partial charge is 0.341 e. The summed E-state index contributed by atoms with van der Waals surface area (Å²) >= 11 is 1.35. The monoisotopic (exact) mass is 359 g/mol. The van der Waals surface area contributed by atoms with Gasteiger partial charge in [-0.2, -0.15) is 0 Å². The summed E-state index contributed by atoms with van der Waals surface area (Å²) in [6.07, 6.45) is 0.960. The molecular formula is C20H25NO3S. The van der Waals surface area contributed by atoms with Crippen molar-refractivity contribution < 1.29 is 14.3 Å². The largest absolute Gasteiger partial charge is 0.462 e. The quantitative estimate of drug-likeness (QED) is 0.752. The summed E-state index contributed by atoms with van der Waals surface area (Å²) in [6, 6.07) is 8.10. The molecule has 0 atom stereocenters. The molecule has 0 saturated heterocycles. The molecule has 5 heteroatoms. The lowest BCUT2D eigenvalue weighted by molar-refractivity contribution is -0.123. The van der Waals surface area contributed by atoms with Gasteiger partial charge in [-0.15, -0.1) is 11.3 Å². The first-order chi connectivity index (χ1) is 11.8. The molecule has 0 fully saturated rings. The summed E-state index contributed by atoms with van der Waals surface area (Å²) < 4.78 is 5.22. The van der Waals surface area contributed by atoms with Gasteiger partial charge in [0.05, 0.1) is 6.61 Å². The summed E-state index contributed by atoms with van der Waals surface area (Å²) in [5.41, 5.74) is 2.84. The number of nitrogens with one attached hydrogen (secondary N) is 1. The Balaban J connectivity index is 2.46. The van der Waals surface area contributed by atoms with E-state index in [-0.39, 0.29) is 12.5 Å². The van der Waals surface area contributed by atoms with Gasteiger partial charge in [0.15, 0.2) is 0 Å². The van der Waals surface area contributed by atoms with Crippen LogP contribution < -0.4 is 5.32 Å². The van der Waals surface area contributed by atoms with E-state index in [1.54, 1.807) is 6.92 Å². The van der Waals surface area contributed by atoms with Crippen LogP contribution >= 0.6 is 11.3 Å². The van der Waals surface area contributed by atoms with E-state index < -0.39 is 11.4 Å². The Morgan fingerprint density at radius 3 is 2.28 bits per heavy atom. The molecule has 0 unspecified atom stereocenters. The molecular weight excluding hydrogens is 334 g/mol. The van der Waals surface area contributed by atoms with Crippen LogP contribution in [0.25, 0.3) is 11.1 Å². The van der Waals surface area contributed by atoms with E-state index in [0.717, 1.165) is 17.5 Å². The number of carbonyl (C=O) groups excluding carboxylic acids is 2. The SMILES string of the molecule is CCOC(=O)c1c(-c2ccc(CC)cc2)csc1NC(=O)C(C)(C)C. The zero-order valence-corrected chi connectivity index (χ0v) is 16.3. The molecule has 1 heterocycles. The molecule has 1 N–H and O–H groups in total. The number of amides is 1. The number of hydrogen-bond acceptors (Lipinski definition) is 4. The number of carbonyl (C=O) groups is 2. The first-order valence-electron chi connectivity index (χ1n) is 8.47. The van der Waals surface area contributed by atoms with Gasteiger partial charge in [-0.1, -0.05) is 52.0 Å². The number of anilines is 1. The Labute approximate surface area is 153 Å². The summed E-state index contributed by atoms with van der Waals surface area (Å²) in [5, 5.41) is 5.31. The van der Waals surface area contributed by atoms with Gasteiger partial charge in [0.1, 0.15) is 10.6 Å². The second kappa shape index (κ2) is 7.83. The van der Waals surface area contributed by atoms with Crippen molar-refractivity contribution in [2.45, 2.75) is 41.0 Å². The van der Waals surface area contributed by atoms with E-state index in [2.05, 4.69) is 24.4 Å². The maximum atomic E-state index is 12.5. The molecule has 2 aromatic rings. The Morgan fingerprint density at radius 1 is 1.12 bits per heavy atom. The van der Waals surface area contributed by atoms with Gasteiger partial charge < -0.3 is 10.1 Å². The second-order valence-electron chi connectivity index (χ2n) is 6.83. The number of hydrogen-bond donors (Lipinski definition) is 1. The number of rotatable bonds is 5. The molecule has 1 aromatic carbocycles. The Morgan fingerprint density at radius 2 is 1.76 bits per heavy atom. The van der Waals surface area contributed by atoms with E-state index in [4.69, 9.17) is 4.74 Å². The molecule has 0 radical (unpaired) electrons. The molecule has 1 amide bonds. The maximum absolute atomic E-state index is 12.5. The number of esters is 1. The first kappa shape index (κ1) is 19.2. The van der Waals surface area contributed by atoms with Crippen LogP contribution in [-0.2, 0) is 16.0 Å². The van der Waals surface area contributed by atoms with Gasteiger partial charge in [0.2, 0.25) is 5.91 Å². The van der Waals surface area contributed by atoms with Gasteiger partial charge in [-0.05, 0) is 24.5 Å². The molecule has 4 nitrogen and oxygen atoms in total. The van der Waals surface area contributed by atoms with Crippen molar-refractivity contribution >= 4 is 28.2 Å². The lowest BCUT2D eigenvalue weighted by Gasteiger charge is -2.17. The highest BCUT2D eigenvalue weighted by Crippen LogP contribution is 2.37. The average Bonchev–Trinajstić information content (AvgIpc) is 2.98. The lowest BCUT2D eigenvalue weighted by atomic mass is 9.95. The van der Waals surface area contributed by atoms with Crippen molar-refractivity contribution in [3.63, 3.8) is 0 Å². The predicted octanol–water partition coefficient (Wildman–Crippen LogP) is 5.14. The Bertz CT molecular complexity index is 754. The first-order valence-corrected chi connectivity index (χ1v) is 9.35. The standard InChI is InChI=1S/C20H25NO3S/c1-6-13-8-10-14(11-9-13)15-12-25-17(16(15)18(22)24-7-2)21-19(23)20(3,4)5/h8-12H,6-7H2,1-5H3,(H,21,23). The van der Waals surface area contributed by atoms with Gasteiger partial charge in [-0.3, -0.25) is 4.79 Å². The molecule has 25 heavy (non-hydrogen) atoms. The molecule has 0 aliphatic rings. The minimum atomic E-state index is -0.543. The summed E-state index contributed by atoms with van der Waals surface area (Å²) in [6.45, 7) is 9.67. The number of thiophene rings is 1. The number of ether oxygens (including phenoxy) is 1. The van der Waals surface area contributed by atoms with Crippen LogP contribution in [0, 0.1) is 5.41 Å². The van der Waals surface area contributed by atoms with Crippen LogP contribution in [-0.4, -0.2) is 18.5 Å². The summed E-state index contributed by atoms with van der Waals surface area (Å²) in [7, 11) is 0. The third kappa shape index (κ3) is 4.48. The van der Waals surface area contributed by atoms with Crippen molar-refractivity contribution in [1.82, 2.24) is 0 Å². The third-order valence-electron chi connectivity index (χ3n) is 3.85.